The summed E-state index contributed by atoms with van der Waals surface area (Å²) < 4.78 is 49.9. The molecule has 21 heavy (non-hydrogen) atoms. The lowest BCUT2D eigenvalue weighted by Gasteiger charge is -2.20. The highest BCUT2D eigenvalue weighted by molar-refractivity contribution is 8.00. The number of nitrogens with one attached hydrogen (secondary N) is 1. The molecule has 0 atom stereocenters. The van der Waals surface area contributed by atoms with Gasteiger partial charge in [0.2, 0.25) is 0 Å². The van der Waals surface area contributed by atoms with Gasteiger partial charge in [-0.25, -0.2) is 17.2 Å². The molecular formula is C14H21F2NO2S2. The van der Waals surface area contributed by atoms with Crippen molar-refractivity contribution in [3.63, 3.8) is 0 Å². The zero-order chi connectivity index (χ0) is 16.3. The van der Waals surface area contributed by atoms with Crippen molar-refractivity contribution in [1.29, 1.82) is 0 Å². The molecule has 1 aromatic rings. The van der Waals surface area contributed by atoms with Crippen LogP contribution in [0.4, 0.5) is 8.78 Å². The summed E-state index contributed by atoms with van der Waals surface area (Å²) in [7, 11) is -3.13. The third-order valence-electron chi connectivity index (χ3n) is 2.58. The van der Waals surface area contributed by atoms with Gasteiger partial charge in [0.15, 0.2) is 0 Å². The van der Waals surface area contributed by atoms with E-state index in [4.69, 9.17) is 0 Å². The molecule has 0 saturated heterocycles. The minimum absolute atomic E-state index is 0.107. The summed E-state index contributed by atoms with van der Waals surface area (Å²) in [4.78, 5) is -0.127. The predicted octanol–water partition coefficient (Wildman–Crippen LogP) is 2.99. The Hall–Kier alpha value is -0.660. The van der Waals surface area contributed by atoms with Gasteiger partial charge in [-0.3, -0.25) is 0 Å². The smallest absolute Gasteiger partial charge is 0.148 e. The van der Waals surface area contributed by atoms with Gasteiger partial charge in [-0.15, -0.1) is 11.8 Å². The first-order valence-electron chi connectivity index (χ1n) is 6.51. The average Bonchev–Trinajstić information content (AvgIpc) is 2.28. The van der Waals surface area contributed by atoms with Crippen LogP contribution in [0, 0.1) is 11.6 Å². The SMILES string of the molecule is CC(C)(C)NCc1cc(F)c(SCCS(C)(=O)=O)c(F)c1. The molecule has 0 aliphatic heterocycles. The molecule has 0 radical (unpaired) electrons. The van der Waals surface area contributed by atoms with Crippen LogP contribution in [0.1, 0.15) is 26.3 Å². The molecule has 3 nitrogen and oxygen atoms in total. The second kappa shape index (κ2) is 7.07. The van der Waals surface area contributed by atoms with Gasteiger partial charge >= 0.3 is 0 Å². The lowest BCUT2D eigenvalue weighted by Crippen LogP contribution is -2.35. The molecule has 0 aromatic heterocycles. The average molecular weight is 337 g/mol. The number of thioether (sulfide) groups is 1. The fraction of sp³-hybridized carbons (Fsp3) is 0.571. The summed E-state index contributed by atoms with van der Waals surface area (Å²) in [5.74, 6) is -1.28. The highest BCUT2D eigenvalue weighted by Crippen LogP contribution is 2.26. The Kier molecular flexibility index (Phi) is 6.19. The first-order valence-corrected chi connectivity index (χ1v) is 9.56. The predicted molar refractivity (Wildman–Crippen MR) is 83.4 cm³/mol. The van der Waals surface area contributed by atoms with E-state index in [0.717, 1.165) is 18.0 Å². The lowest BCUT2D eigenvalue weighted by molar-refractivity contribution is 0.422. The number of hydrogen-bond acceptors (Lipinski definition) is 4. The minimum atomic E-state index is -3.13. The van der Waals surface area contributed by atoms with Crippen LogP contribution in [0.2, 0.25) is 0 Å². The van der Waals surface area contributed by atoms with Crippen LogP contribution in [-0.4, -0.2) is 31.7 Å². The first kappa shape index (κ1) is 18.4. The molecule has 0 unspecified atom stereocenters. The van der Waals surface area contributed by atoms with E-state index in [0.29, 0.717) is 12.1 Å². The van der Waals surface area contributed by atoms with Crippen molar-refractivity contribution in [3.8, 4) is 0 Å². The van der Waals surface area contributed by atoms with Gasteiger partial charge in [0, 0.05) is 24.1 Å². The van der Waals surface area contributed by atoms with Crippen LogP contribution in [0.5, 0.6) is 0 Å². The Morgan fingerprint density at radius 1 is 1.19 bits per heavy atom. The normalized spacial score (nSPS) is 12.7. The van der Waals surface area contributed by atoms with Gasteiger partial charge in [0.25, 0.3) is 0 Å². The third-order valence-corrected chi connectivity index (χ3v) is 4.87. The first-order chi connectivity index (χ1) is 9.48. The van der Waals surface area contributed by atoms with Crippen LogP contribution in [0.25, 0.3) is 0 Å². The quantitative estimate of drug-likeness (QED) is 0.811. The second-order valence-corrected chi connectivity index (χ2v) is 9.34. The molecule has 1 N–H and O–H groups in total. The van der Waals surface area contributed by atoms with E-state index in [9.17, 15) is 17.2 Å². The largest absolute Gasteiger partial charge is 0.308 e. The highest BCUT2D eigenvalue weighted by Gasteiger charge is 2.15. The van der Waals surface area contributed by atoms with E-state index in [1.807, 2.05) is 20.8 Å². The molecule has 0 heterocycles. The molecular weight excluding hydrogens is 316 g/mol. The molecule has 0 spiro atoms. The maximum atomic E-state index is 13.9. The molecule has 120 valence electrons. The van der Waals surface area contributed by atoms with Gasteiger partial charge in [-0.1, -0.05) is 0 Å². The molecule has 0 saturated carbocycles. The number of benzene rings is 1. The zero-order valence-electron chi connectivity index (χ0n) is 12.7. The lowest BCUT2D eigenvalue weighted by atomic mass is 10.1. The summed E-state index contributed by atoms with van der Waals surface area (Å²) in [6.07, 6.45) is 1.10. The molecule has 0 aliphatic rings. The Morgan fingerprint density at radius 3 is 2.14 bits per heavy atom. The van der Waals surface area contributed by atoms with E-state index in [-0.39, 0.29) is 21.9 Å². The summed E-state index contributed by atoms with van der Waals surface area (Å²) in [6.45, 7) is 6.27. The summed E-state index contributed by atoms with van der Waals surface area (Å²) >= 11 is 0.883. The van der Waals surface area contributed by atoms with E-state index >= 15 is 0 Å². The van der Waals surface area contributed by atoms with Crippen LogP contribution in [0.15, 0.2) is 17.0 Å². The Morgan fingerprint density at radius 2 is 1.71 bits per heavy atom. The maximum absolute atomic E-state index is 13.9. The fourth-order valence-corrected chi connectivity index (χ4v) is 3.66. The summed E-state index contributed by atoms with van der Waals surface area (Å²) in [5, 5.41) is 3.16. The molecule has 1 aromatic carbocycles. The van der Waals surface area contributed by atoms with Gasteiger partial charge in [-0.05, 0) is 38.5 Å². The number of rotatable bonds is 6. The van der Waals surface area contributed by atoms with E-state index in [1.165, 1.54) is 12.1 Å². The maximum Gasteiger partial charge on any atom is 0.148 e. The zero-order valence-corrected chi connectivity index (χ0v) is 14.3. The number of sulfone groups is 1. The van der Waals surface area contributed by atoms with Crippen LogP contribution in [0.3, 0.4) is 0 Å². The Balaban J connectivity index is 2.76. The van der Waals surface area contributed by atoms with Gasteiger partial charge in [0.1, 0.15) is 21.5 Å². The van der Waals surface area contributed by atoms with Crippen molar-refractivity contribution in [2.24, 2.45) is 0 Å². The molecule has 7 heteroatoms. The molecule has 1 rings (SSSR count). The van der Waals surface area contributed by atoms with Crippen molar-refractivity contribution < 1.29 is 17.2 Å². The fourth-order valence-electron chi connectivity index (χ4n) is 1.51. The molecule has 0 aliphatic carbocycles. The summed E-state index contributed by atoms with van der Waals surface area (Å²) in [6, 6.07) is 2.56. The van der Waals surface area contributed by atoms with Crippen LogP contribution < -0.4 is 5.32 Å². The van der Waals surface area contributed by atoms with Crippen molar-refractivity contribution >= 4 is 21.6 Å². The van der Waals surface area contributed by atoms with Gasteiger partial charge in [0.05, 0.1) is 10.6 Å². The van der Waals surface area contributed by atoms with E-state index in [2.05, 4.69) is 5.32 Å². The monoisotopic (exact) mass is 337 g/mol. The van der Waals surface area contributed by atoms with E-state index < -0.39 is 21.5 Å². The van der Waals surface area contributed by atoms with E-state index in [1.54, 1.807) is 0 Å². The molecule has 0 fully saturated rings. The minimum Gasteiger partial charge on any atom is -0.308 e. The van der Waals surface area contributed by atoms with Crippen molar-refractivity contribution in [1.82, 2.24) is 5.32 Å². The van der Waals surface area contributed by atoms with Gasteiger partial charge in [-0.2, -0.15) is 0 Å². The van der Waals surface area contributed by atoms with Crippen molar-refractivity contribution in [2.75, 3.05) is 17.8 Å². The van der Waals surface area contributed by atoms with Crippen LogP contribution in [-0.2, 0) is 16.4 Å². The second-order valence-electron chi connectivity index (χ2n) is 5.97. The molecule has 0 amide bonds. The number of hydrogen-bond donors (Lipinski definition) is 1. The van der Waals surface area contributed by atoms with Gasteiger partial charge < -0.3 is 5.32 Å². The van der Waals surface area contributed by atoms with Crippen molar-refractivity contribution in [3.05, 3.63) is 29.3 Å². The Labute approximate surface area is 129 Å². The Bertz CT molecular complexity index is 572. The summed E-state index contributed by atoms with van der Waals surface area (Å²) in [5.41, 5.74) is 0.378. The van der Waals surface area contributed by atoms with Crippen molar-refractivity contribution in [2.45, 2.75) is 37.8 Å². The van der Waals surface area contributed by atoms with Crippen LogP contribution >= 0.6 is 11.8 Å². The standard InChI is InChI=1S/C14H21F2NO2S2/c1-14(2,3)17-9-10-7-11(15)13(12(16)8-10)20-5-6-21(4,18)19/h7-8,17H,5-6,9H2,1-4H3. The number of halogens is 2. The topological polar surface area (TPSA) is 46.2 Å². The highest BCUT2D eigenvalue weighted by atomic mass is 32.2. The molecule has 0 bridgehead atoms. The third kappa shape index (κ3) is 7.24.